The zero-order valence-electron chi connectivity index (χ0n) is 8.31. The van der Waals surface area contributed by atoms with Crippen molar-refractivity contribution in [2.24, 2.45) is 11.7 Å². The van der Waals surface area contributed by atoms with Crippen LogP contribution < -0.4 is 5.73 Å². The van der Waals surface area contributed by atoms with E-state index in [1.165, 1.54) is 18.3 Å². The fourth-order valence-electron chi connectivity index (χ4n) is 1.16. The number of hydrogen-bond acceptors (Lipinski definition) is 3. The summed E-state index contributed by atoms with van der Waals surface area (Å²) in [5.74, 6) is -0.442. The second-order valence-corrected chi connectivity index (χ2v) is 3.64. The van der Waals surface area contributed by atoms with Gasteiger partial charge in [0.15, 0.2) is 0 Å². The quantitative estimate of drug-likeness (QED) is 0.768. The molecule has 3 N–H and O–H groups in total. The molecular formula is C10H15FN2O. The van der Waals surface area contributed by atoms with Crippen LogP contribution in [-0.2, 0) is 0 Å². The highest BCUT2D eigenvalue weighted by Crippen LogP contribution is 2.20. The van der Waals surface area contributed by atoms with Crippen LogP contribution >= 0.6 is 0 Å². The second kappa shape index (κ2) is 4.48. The third-order valence-electron chi connectivity index (χ3n) is 2.20. The second-order valence-electron chi connectivity index (χ2n) is 3.64. The van der Waals surface area contributed by atoms with Crippen molar-refractivity contribution in [3.8, 4) is 0 Å². The van der Waals surface area contributed by atoms with Crippen molar-refractivity contribution in [3.05, 3.63) is 29.8 Å². The lowest BCUT2D eigenvalue weighted by Crippen LogP contribution is -2.34. The number of aliphatic hydroxyl groups excluding tert-OH is 1. The van der Waals surface area contributed by atoms with Crippen molar-refractivity contribution in [2.45, 2.75) is 26.0 Å². The Hall–Kier alpha value is -1.00. The number of halogens is 1. The molecule has 1 heterocycles. The smallest absolute Gasteiger partial charge is 0.147 e. The van der Waals surface area contributed by atoms with Crippen molar-refractivity contribution in [1.29, 1.82) is 0 Å². The summed E-state index contributed by atoms with van der Waals surface area (Å²) in [5.41, 5.74) is 5.73. The van der Waals surface area contributed by atoms with Gasteiger partial charge in [-0.25, -0.2) is 4.39 Å². The highest BCUT2D eigenvalue weighted by atomic mass is 19.1. The minimum absolute atomic E-state index is 0.0219. The fraction of sp³-hybridized carbons (Fsp3) is 0.500. The van der Waals surface area contributed by atoms with E-state index >= 15 is 0 Å². The van der Waals surface area contributed by atoms with Crippen LogP contribution in [0.15, 0.2) is 18.3 Å². The van der Waals surface area contributed by atoms with Gasteiger partial charge in [0, 0.05) is 12.2 Å². The molecule has 0 saturated heterocycles. The lowest BCUT2D eigenvalue weighted by atomic mass is 9.97. The van der Waals surface area contributed by atoms with Crippen LogP contribution in [-0.4, -0.2) is 16.1 Å². The maximum absolute atomic E-state index is 13.2. The van der Waals surface area contributed by atoms with E-state index in [2.05, 4.69) is 4.98 Å². The Bertz CT molecular complexity index is 304. The van der Waals surface area contributed by atoms with E-state index in [9.17, 15) is 9.50 Å². The van der Waals surface area contributed by atoms with E-state index in [0.717, 1.165) is 0 Å². The van der Waals surface area contributed by atoms with Gasteiger partial charge in [-0.15, -0.1) is 0 Å². The Morgan fingerprint density at radius 3 is 2.64 bits per heavy atom. The van der Waals surface area contributed by atoms with E-state index in [4.69, 9.17) is 5.73 Å². The Morgan fingerprint density at radius 1 is 1.50 bits per heavy atom. The van der Waals surface area contributed by atoms with Gasteiger partial charge < -0.3 is 10.8 Å². The summed E-state index contributed by atoms with van der Waals surface area (Å²) in [6.07, 6.45) is 0.394. The highest BCUT2D eigenvalue weighted by molar-refractivity contribution is 5.11. The zero-order chi connectivity index (χ0) is 10.7. The predicted octanol–water partition coefficient (Wildman–Crippen LogP) is 1.24. The van der Waals surface area contributed by atoms with E-state index in [0.29, 0.717) is 0 Å². The van der Waals surface area contributed by atoms with E-state index in [-0.39, 0.29) is 11.6 Å². The molecule has 1 aromatic rings. The van der Waals surface area contributed by atoms with Gasteiger partial charge in [-0.3, -0.25) is 4.98 Å². The van der Waals surface area contributed by atoms with Gasteiger partial charge in [0.2, 0.25) is 0 Å². The van der Waals surface area contributed by atoms with Crippen LogP contribution in [0.25, 0.3) is 0 Å². The number of aliphatic hydroxyl groups is 1. The minimum atomic E-state index is -1.05. The lowest BCUT2D eigenvalue weighted by molar-refractivity contribution is 0.117. The molecule has 14 heavy (non-hydrogen) atoms. The van der Waals surface area contributed by atoms with Gasteiger partial charge in [-0.05, 0) is 18.1 Å². The largest absolute Gasteiger partial charge is 0.385 e. The van der Waals surface area contributed by atoms with Gasteiger partial charge in [0.05, 0.1) is 0 Å². The molecule has 0 aliphatic carbocycles. The number of pyridine rings is 1. The molecule has 0 unspecified atom stereocenters. The van der Waals surface area contributed by atoms with E-state index < -0.39 is 18.0 Å². The molecule has 0 fully saturated rings. The molecule has 2 atom stereocenters. The number of rotatable bonds is 3. The molecule has 0 spiro atoms. The van der Waals surface area contributed by atoms with Crippen LogP contribution in [0.1, 0.15) is 25.6 Å². The third kappa shape index (κ3) is 2.27. The van der Waals surface area contributed by atoms with Crippen LogP contribution in [0, 0.1) is 11.7 Å². The molecular weight excluding hydrogens is 183 g/mol. The topological polar surface area (TPSA) is 59.1 Å². The molecule has 0 amide bonds. The molecule has 0 radical (unpaired) electrons. The number of aromatic nitrogens is 1. The molecule has 0 aromatic carbocycles. The van der Waals surface area contributed by atoms with Crippen LogP contribution in [0.5, 0.6) is 0 Å². The molecule has 4 heteroatoms. The van der Waals surface area contributed by atoms with Gasteiger partial charge in [0.1, 0.15) is 17.6 Å². The average molecular weight is 198 g/mol. The summed E-state index contributed by atoms with van der Waals surface area (Å²) >= 11 is 0. The summed E-state index contributed by atoms with van der Waals surface area (Å²) < 4.78 is 13.2. The summed E-state index contributed by atoms with van der Waals surface area (Å²) in [5, 5.41) is 9.71. The number of nitrogens with zero attached hydrogens (tertiary/aromatic N) is 1. The summed E-state index contributed by atoms with van der Waals surface area (Å²) in [7, 11) is 0. The summed E-state index contributed by atoms with van der Waals surface area (Å²) in [6, 6.07) is 2.24. The number of hydrogen-bond donors (Lipinski definition) is 2. The fourth-order valence-corrected chi connectivity index (χ4v) is 1.16. The molecule has 1 aromatic heterocycles. The molecule has 0 bridgehead atoms. The van der Waals surface area contributed by atoms with Crippen LogP contribution in [0.2, 0.25) is 0 Å². The maximum Gasteiger partial charge on any atom is 0.147 e. The standard InChI is InChI=1S/C10H15FN2O/c1-6(2)8(12)10(14)9-7(11)4-3-5-13-9/h3-6,8,10,14H,12H2,1-2H3/t8-,10+/m1/s1. The lowest BCUT2D eigenvalue weighted by Gasteiger charge is -2.21. The Balaban J connectivity index is 2.89. The van der Waals surface area contributed by atoms with Gasteiger partial charge in [-0.1, -0.05) is 13.8 Å². The molecule has 0 saturated carbocycles. The maximum atomic E-state index is 13.2. The Morgan fingerprint density at radius 2 is 2.14 bits per heavy atom. The molecule has 0 aliphatic heterocycles. The first-order valence-corrected chi connectivity index (χ1v) is 4.58. The normalized spacial score (nSPS) is 15.6. The van der Waals surface area contributed by atoms with Crippen molar-refractivity contribution in [2.75, 3.05) is 0 Å². The van der Waals surface area contributed by atoms with Crippen molar-refractivity contribution in [1.82, 2.24) is 4.98 Å². The summed E-state index contributed by atoms with van der Waals surface area (Å²) in [6.45, 7) is 3.74. The highest BCUT2D eigenvalue weighted by Gasteiger charge is 2.23. The zero-order valence-corrected chi connectivity index (χ0v) is 8.31. The number of nitrogens with two attached hydrogens (primary N) is 1. The van der Waals surface area contributed by atoms with E-state index in [1.54, 1.807) is 0 Å². The van der Waals surface area contributed by atoms with Crippen molar-refractivity contribution in [3.63, 3.8) is 0 Å². The van der Waals surface area contributed by atoms with E-state index in [1.807, 2.05) is 13.8 Å². The molecule has 1 rings (SSSR count). The van der Waals surface area contributed by atoms with Gasteiger partial charge in [-0.2, -0.15) is 0 Å². The first-order valence-electron chi connectivity index (χ1n) is 4.58. The Kier molecular flexibility index (Phi) is 3.55. The Labute approximate surface area is 82.8 Å². The van der Waals surface area contributed by atoms with Gasteiger partial charge >= 0.3 is 0 Å². The first-order chi connectivity index (χ1) is 6.54. The molecule has 3 nitrogen and oxygen atoms in total. The SMILES string of the molecule is CC(C)[C@@H](N)[C@H](O)c1ncccc1F. The van der Waals surface area contributed by atoms with Crippen molar-refractivity contribution >= 4 is 0 Å². The molecule has 78 valence electrons. The predicted molar refractivity (Wildman–Crippen MR) is 52.0 cm³/mol. The van der Waals surface area contributed by atoms with Crippen LogP contribution in [0.3, 0.4) is 0 Å². The third-order valence-corrected chi connectivity index (χ3v) is 2.20. The summed E-state index contributed by atoms with van der Waals surface area (Å²) in [4.78, 5) is 3.78. The monoisotopic (exact) mass is 198 g/mol. The van der Waals surface area contributed by atoms with Crippen LogP contribution in [0.4, 0.5) is 4.39 Å². The minimum Gasteiger partial charge on any atom is -0.385 e. The molecule has 0 aliphatic rings. The average Bonchev–Trinajstić information content (AvgIpc) is 2.16. The van der Waals surface area contributed by atoms with Crippen molar-refractivity contribution < 1.29 is 9.50 Å². The van der Waals surface area contributed by atoms with Gasteiger partial charge in [0.25, 0.3) is 0 Å². The first kappa shape index (κ1) is 11.1.